The minimum atomic E-state index is -0.637. The second-order valence-electron chi connectivity index (χ2n) is 11.3. The van der Waals surface area contributed by atoms with E-state index in [9.17, 15) is 0 Å². The Morgan fingerprint density at radius 2 is 1.19 bits per heavy atom. The first kappa shape index (κ1) is 31.1. The standard InChI is InChI=1S/C33H20N2.C11H8N.Ir/c1-2-13-24(14-3-1)33(28-18-8-6-16-26(28)27-17-7-9-19-29(27)33)31-22-23-12-4-5-15-25(23)32(35-31)30-20-10-11-21-34-30;1-2-6-10(7-3-1)11-8-4-5-9-12-11;/h1-13,15-18,20-22H;1-6,8-9H;/q-2;-1;+3/t33-;;/m0../s1. The van der Waals surface area contributed by atoms with Crippen LogP contribution in [-0.4, -0.2) is 15.0 Å². The van der Waals surface area contributed by atoms with E-state index in [0.29, 0.717) is 0 Å². The van der Waals surface area contributed by atoms with Crippen molar-refractivity contribution in [1.82, 2.24) is 15.0 Å². The zero-order chi connectivity index (χ0) is 31.5. The molecule has 5 aromatic carbocycles. The largest absolute Gasteiger partial charge is 3.00 e. The van der Waals surface area contributed by atoms with Crippen molar-refractivity contribution >= 4 is 10.8 Å². The molecule has 4 heteroatoms. The fraction of sp³-hybridized carbons (Fsp3) is 0.0227. The maximum atomic E-state index is 5.40. The van der Waals surface area contributed by atoms with Gasteiger partial charge < -0.3 is 4.98 Å². The smallest absolute Gasteiger partial charge is 0.305 e. The number of hydrogen-bond acceptors (Lipinski definition) is 3. The number of rotatable bonds is 4. The number of pyridine rings is 3. The molecular formula is C44H28IrN3. The van der Waals surface area contributed by atoms with E-state index < -0.39 is 5.41 Å². The van der Waals surface area contributed by atoms with Gasteiger partial charge >= 0.3 is 20.1 Å². The van der Waals surface area contributed by atoms with E-state index in [0.717, 1.165) is 50.2 Å². The molecule has 0 aliphatic heterocycles. The molecule has 3 aromatic heterocycles. The van der Waals surface area contributed by atoms with Crippen molar-refractivity contribution in [2.45, 2.75) is 5.41 Å². The van der Waals surface area contributed by atoms with Gasteiger partial charge in [0.15, 0.2) is 0 Å². The zero-order valence-corrected chi connectivity index (χ0v) is 28.2. The third-order valence-corrected chi connectivity index (χ3v) is 8.65. The van der Waals surface area contributed by atoms with E-state index in [1.807, 2.05) is 85.1 Å². The van der Waals surface area contributed by atoms with Crippen LogP contribution < -0.4 is 0 Å². The second kappa shape index (κ2) is 13.7. The summed E-state index contributed by atoms with van der Waals surface area (Å²) >= 11 is 0. The Hall–Kier alpha value is -5.54. The first-order valence-electron chi connectivity index (χ1n) is 15.6. The molecule has 0 bridgehead atoms. The molecule has 0 saturated heterocycles. The van der Waals surface area contributed by atoms with Crippen molar-refractivity contribution in [3.8, 4) is 33.8 Å². The molecule has 1 aliphatic carbocycles. The maximum Gasteiger partial charge on any atom is 3.00 e. The SMILES string of the molecule is [Ir+3].[c-]1ccccc1-c1ccccn1.[c-]1ccccc1[C@@]1(c2cc3ccccc3c(-c3ccccn3)n2)c2[c-]cccc2-c2ccccc21. The Kier molecular flexibility index (Phi) is 8.85. The predicted molar refractivity (Wildman–Crippen MR) is 188 cm³/mol. The van der Waals surface area contributed by atoms with Crippen LogP contribution in [0.3, 0.4) is 0 Å². The van der Waals surface area contributed by atoms with Crippen molar-refractivity contribution in [2.75, 3.05) is 0 Å². The molecule has 1 aliphatic rings. The summed E-state index contributed by atoms with van der Waals surface area (Å²) in [5.41, 5.74) is 9.85. The predicted octanol–water partition coefficient (Wildman–Crippen LogP) is 9.81. The second-order valence-corrected chi connectivity index (χ2v) is 11.3. The molecule has 1 atom stereocenters. The maximum absolute atomic E-state index is 5.40. The van der Waals surface area contributed by atoms with Gasteiger partial charge in [-0.05, 0) is 40.9 Å². The van der Waals surface area contributed by atoms with Crippen LogP contribution in [0.4, 0.5) is 0 Å². The summed E-state index contributed by atoms with van der Waals surface area (Å²) in [6.07, 6.45) is 3.61. The summed E-state index contributed by atoms with van der Waals surface area (Å²) in [7, 11) is 0. The Morgan fingerprint density at radius 1 is 0.521 bits per heavy atom. The third kappa shape index (κ3) is 5.46. The first-order valence-corrected chi connectivity index (χ1v) is 15.6. The topological polar surface area (TPSA) is 38.7 Å². The fourth-order valence-corrected chi connectivity index (χ4v) is 6.63. The normalized spacial score (nSPS) is 14.2. The average molecular weight is 791 g/mol. The van der Waals surface area contributed by atoms with E-state index in [2.05, 4.69) is 107 Å². The number of hydrogen-bond donors (Lipinski definition) is 0. The number of aromatic nitrogens is 3. The number of fused-ring (bicyclic) bond motifs is 4. The molecule has 0 saturated carbocycles. The molecule has 0 spiro atoms. The minimum Gasteiger partial charge on any atom is -0.305 e. The van der Waals surface area contributed by atoms with Gasteiger partial charge in [-0.3, -0.25) is 4.98 Å². The van der Waals surface area contributed by atoms with Gasteiger partial charge in [-0.15, -0.1) is 52.6 Å². The average Bonchev–Trinajstić information content (AvgIpc) is 3.47. The molecule has 3 heterocycles. The van der Waals surface area contributed by atoms with Crippen molar-refractivity contribution in [1.29, 1.82) is 0 Å². The summed E-state index contributed by atoms with van der Waals surface area (Å²) in [6.45, 7) is 0. The van der Waals surface area contributed by atoms with Crippen LogP contribution in [0.25, 0.3) is 44.5 Å². The quantitative estimate of drug-likeness (QED) is 0.167. The van der Waals surface area contributed by atoms with E-state index in [1.54, 1.807) is 6.20 Å². The van der Waals surface area contributed by atoms with Crippen molar-refractivity contribution in [3.05, 3.63) is 211 Å². The van der Waals surface area contributed by atoms with Crippen LogP contribution in [0.5, 0.6) is 0 Å². The van der Waals surface area contributed by atoms with Crippen molar-refractivity contribution in [2.24, 2.45) is 0 Å². The van der Waals surface area contributed by atoms with Crippen molar-refractivity contribution in [3.63, 3.8) is 0 Å². The van der Waals surface area contributed by atoms with Gasteiger partial charge in [-0.25, -0.2) is 4.98 Å². The van der Waals surface area contributed by atoms with Gasteiger partial charge in [0.1, 0.15) is 0 Å². The van der Waals surface area contributed by atoms with Gasteiger partial charge in [0.2, 0.25) is 0 Å². The number of nitrogens with zero attached hydrogens (tertiary/aromatic N) is 3. The summed E-state index contributed by atoms with van der Waals surface area (Å²) in [5.74, 6) is 0. The number of benzene rings is 5. The molecular weight excluding hydrogens is 763 g/mol. The van der Waals surface area contributed by atoms with Crippen molar-refractivity contribution < 1.29 is 20.1 Å². The monoisotopic (exact) mass is 791 g/mol. The molecule has 0 fully saturated rings. The third-order valence-electron chi connectivity index (χ3n) is 8.65. The van der Waals surface area contributed by atoms with Gasteiger partial charge in [0.25, 0.3) is 0 Å². The molecule has 9 rings (SSSR count). The Morgan fingerprint density at radius 3 is 1.94 bits per heavy atom. The van der Waals surface area contributed by atoms with Crippen LogP contribution in [0.15, 0.2) is 170 Å². The van der Waals surface area contributed by atoms with Gasteiger partial charge in [0.05, 0.1) is 17.1 Å². The Labute approximate surface area is 294 Å². The molecule has 0 amide bonds. The summed E-state index contributed by atoms with van der Waals surface area (Å²) < 4.78 is 0. The molecule has 0 unspecified atom stereocenters. The van der Waals surface area contributed by atoms with Crippen LogP contribution in [0.2, 0.25) is 0 Å². The van der Waals surface area contributed by atoms with Gasteiger partial charge in [0, 0.05) is 23.2 Å². The minimum absolute atomic E-state index is 0. The molecule has 0 N–H and O–H groups in total. The van der Waals surface area contributed by atoms with Crippen LogP contribution in [0.1, 0.15) is 22.4 Å². The van der Waals surface area contributed by atoms with Crippen LogP contribution in [-0.2, 0) is 25.5 Å². The first-order chi connectivity index (χ1) is 23.3. The van der Waals surface area contributed by atoms with Gasteiger partial charge in [-0.1, -0.05) is 72.3 Å². The van der Waals surface area contributed by atoms with E-state index in [4.69, 9.17) is 4.98 Å². The van der Waals surface area contributed by atoms with Gasteiger partial charge in [-0.2, -0.15) is 54.6 Å². The molecule has 3 nitrogen and oxygen atoms in total. The van der Waals surface area contributed by atoms with E-state index in [1.165, 1.54) is 16.7 Å². The molecule has 48 heavy (non-hydrogen) atoms. The molecule has 228 valence electrons. The molecule has 8 aromatic rings. The van der Waals surface area contributed by atoms with Crippen LogP contribution >= 0.6 is 0 Å². The zero-order valence-electron chi connectivity index (χ0n) is 25.8. The summed E-state index contributed by atoms with van der Waals surface area (Å²) in [5, 5.41) is 2.22. The summed E-state index contributed by atoms with van der Waals surface area (Å²) in [4.78, 5) is 14.3. The Balaban J connectivity index is 0.000000237. The van der Waals surface area contributed by atoms with E-state index in [-0.39, 0.29) is 20.1 Å². The summed E-state index contributed by atoms with van der Waals surface area (Å²) in [6, 6.07) is 63.8. The van der Waals surface area contributed by atoms with E-state index >= 15 is 0 Å². The fourth-order valence-electron chi connectivity index (χ4n) is 6.63. The Bertz CT molecular complexity index is 2210. The molecule has 0 radical (unpaired) electrons. The van der Waals surface area contributed by atoms with Crippen LogP contribution in [0, 0.1) is 18.2 Å².